The van der Waals surface area contributed by atoms with E-state index in [9.17, 15) is 19.5 Å². The van der Waals surface area contributed by atoms with Crippen LogP contribution in [0.25, 0.3) is 0 Å². The summed E-state index contributed by atoms with van der Waals surface area (Å²) < 4.78 is 15.5. The van der Waals surface area contributed by atoms with E-state index in [1.165, 1.54) is 13.5 Å². The Balaban J connectivity index is 2.28. The molecule has 0 aliphatic heterocycles. The number of methoxy groups -OCH3 is 2. The van der Waals surface area contributed by atoms with Gasteiger partial charge < -0.3 is 19.3 Å². The van der Waals surface area contributed by atoms with E-state index in [-0.39, 0.29) is 23.4 Å². The lowest BCUT2D eigenvalue weighted by Crippen LogP contribution is -2.51. The number of carbonyl (C=O) groups is 3. The molecule has 0 saturated heterocycles. The molecule has 2 rings (SSSR count). The molecule has 0 spiro atoms. The molecule has 7 nitrogen and oxygen atoms in total. The largest absolute Gasteiger partial charge is 0.481 e. The van der Waals surface area contributed by atoms with E-state index < -0.39 is 36.4 Å². The van der Waals surface area contributed by atoms with Gasteiger partial charge >= 0.3 is 17.9 Å². The highest BCUT2D eigenvalue weighted by molar-refractivity contribution is 5.86. The molecular formula is C23H36O7. The van der Waals surface area contributed by atoms with E-state index in [1.807, 2.05) is 0 Å². The van der Waals surface area contributed by atoms with Gasteiger partial charge in [-0.15, -0.1) is 0 Å². The summed E-state index contributed by atoms with van der Waals surface area (Å²) in [5, 5.41) is 9.21. The van der Waals surface area contributed by atoms with Crippen molar-refractivity contribution in [1.29, 1.82) is 0 Å². The Labute approximate surface area is 179 Å². The Morgan fingerprint density at radius 1 is 1.13 bits per heavy atom. The fraction of sp³-hybridized carbons (Fsp3) is 0.783. The second-order valence-corrected chi connectivity index (χ2v) is 9.65. The summed E-state index contributed by atoms with van der Waals surface area (Å²) in [6.45, 7) is 11.4. The minimum Gasteiger partial charge on any atom is -0.481 e. The van der Waals surface area contributed by atoms with Crippen molar-refractivity contribution in [1.82, 2.24) is 0 Å². The first-order valence-corrected chi connectivity index (χ1v) is 10.6. The van der Waals surface area contributed by atoms with Crippen LogP contribution < -0.4 is 0 Å². The molecule has 2 aliphatic carbocycles. The number of carboxylic acid groups (broad SMARTS) is 1. The second kappa shape index (κ2) is 9.50. The van der Waals surface area contributed by atoms with Gasteiger partial charge in [0.1, 0.15) is 5.92 Å². The monoisotopic (exact) mass is 424 g/mol. The third kappa shape index (κ3) is 4.88. The number of aliphatic carboxylic acids is 1. The highest BCUT2D eigenvalue weighted by Crippen LogP contribution is 2.60. The van der Waals surface area contributed by atoms with Gasteiger partial charge in [-0.2, -0.15) is 0 Å². The van der Waals surface area contributed by atoms with Crippen molar-refractivity contribution in [3.63, 3.8) is 0 Å². The molecule has 2 aliphatic rings. The van der Waals surface area contributed by atoms with Crippen molar-refractivity contribution < 1.29 is 33.7 Å². The van der Waals surface area contributed by atoms with Crippen LogP contribution in [0.2, 0.25) is 0 Å². The molecular weight excluding hydrogens is 388 g/mol. The van der Waals surface area contributed by atoms with Crippen molar-refractivity contribution in [3.8, 4) is 0 Å². The van der Waals surface area contributed by atoms with Crippen molar-refractivity contribution in [3.05, 3.63) is 12.2 Å². The average molecular weight is 425 g/mol. The van der Waals surface area contributed by atoms with E-state index in [4.69, 9.17) is 14.2 Å². The topological polar surface area (TPSA) is 99.1 Å². The maximum Gasteiger partial charge on any atom is 0.335 e. The molecule has 0 aromatic carbocycles. The van der Waals surface area contributed by atoms with Crippen LogP contribution in [0.1, 0.15) is 59.3 Å². The molecule has 30 heavy (non-hydrogen) atoms. The molecule has 0 aromatic heterocycles. The number of carbonyl (C=O) groups excluding carboxylic acids is 2. The SMILES string of the molecule is C=C1CC[C@H]2C(C)(C)CCC[C@]2(C)[C@H]1CO[C@@H](C(=O)OC)[C@H](CC(=O)O)C(=O)OC. The van der Waals surface area contributed by atoms with Crippen LogP contribution in [-0.2, 0) is 28.6 Å². The summed E-state index contributed by atoms with van der Waals surface area (Å²) in [5.41, 5.74) is 1.28. The summed E-state index contributed by atoms with van der Waals surface area (Å²) in [6, 6.07) is 0. The lowest BCUT2D eigenvalue weighted by molar-refractivity contribution is -0.173. The van der Waals surface area contributed by atoms with Crippen LogP contribution in [0.5, 0.6) is 0 Å². The van der Waals surface area contributed by atoms with Crippen molar-refractivity contribution in [2.75, 3.05) is 20.8 Å². The van der Waals surface area contributed by atoms with Gasteiger partial charge in [-0.05, 0) is 42.4 Å². The van der Waals surface area contributed by atoms with Crippen molar-refractivity contribution in [2.24, 2.45) is 28.6 Å². The van der Waals surface area contributed by atoms with E-state index in [2.05, 4.69) is 27.4 Å². The number of esters is 2. The molecule has 0 aromatic rings. The zero-order valence-electron chi connectivity index (χ0n) is 18.9. The van der Waals surface area contributed by atoms with Gasteiger partial charge in [0.25, 0.3) is 0 Å². The molecule has 7 heteroatoms. The number of rotatable bonds is 8. The van der Waals surface area contributed by atoms with Crippen molar-refractivity contribution in [2.45, 2.75) is 65.4 Å². The normalized spacial score (nSPS) is 30.0. The Bertz CT molecular complexity index is 683. The van der Waals surface area contributed by atoms with Gasteiger partial charge in [0.05, 0.1) is 27.2 Å². The number of ether oxygens (including phenoxy) is 3. The number of hydrogen-bond donors (Lipinski definition) is 1. The lowest BCUT2D eigenvalue weighted by atomic mass is 9.48. The maximum absolute atomic E-state index is 12.4. The first-order valence-electron chi connectivity index (χ1n) is 10.6. The first-order chi connectivity index (χ1) is 14.0. The van der Waals surface area contributed by atoms with E-state index >= 15 is 0 Å². The Morgan fingerprint density at radius 3 is 2.33 bits per heavy atom. The standard InChI is InChI=1S/C23H36O7/c1-14-8-9-17-22(2,3)10-7-11-23(17,4)16(14)13-30-19(21(27)29-6)15(12-18(24)25)20(26)28-5/h15-17,19H,1,7-13H2,2-6H3,(H,24,25)/t15-,16-,17-,19+,23+/m0/s1. The number of hydrogen-bond acceptors (Lipinski definition) is 6. The quantitative estimate of drug-likeness (QED) is 0.469. The molecule has 0 radical (unpaired) electrons. The fourth-order valence-electron chi connectivity index (χ4n) is 5.90. The third-order valence-corrected chi connectivity index (χ3v) is 7.46. The fourth-order valence-corrected chi connectivity index (χ4v) is 5.90. The highest BCUT2D eigenvalue weighted by Gasteiger charge is 2.53. The predicted octanol–water partition coefficient (Wildman–Crippen LogP) is 3.61. The summed E-state index contributed by atoms with van der Waals surface area (Å²) in [4.78, 5) is 35.9. The van der Waals surface area contributed by atoms with Gasteiger partial charge in [-0.25, -0.2) is 4.79 Å². The minimum atomic E-state index is -1.34. The molecule has 5 atom stereocenters. The highest BCUT2D eigenvalue weighted by atomic mass is 16.6. The van der Waals surface area contributed by atoms with Crippen LogP contribution in [-0.4, -0.2) is 49.9 Å². The second-order valence-electron chi connectivity index (χ2n) is 9.65. The first kappa shape index (κ1) is 24.4. The summed E-state index contributed by atoms with van der Waals surface area (Å²) in [7, 11) is 2.35. The zero-order valence-corrected chi connectivity index (χ0v) is 18.9. The molecule has 0 heterocycles. The molecule has 0 amide bonds. The van der Waals surface area contributed by atoms with E-state index in [1.54, 1.807) is 0 Å². The van der Waals surface area contributed by atoms with E-state index in [0.29, 0.717) is 5.92 Å². The molecule has 2 saturated carbocycles. The minimum absolute atomic E-state index is 0.0195. The van der Waals surface area contributed by atoms with Crippen LogP contribution >= 0.6 is 0 Å². The molecule has 0 bridgehead atoms. The van der Waals surface area contributed by atoms with Gasteiger partial charge in [-0.3, -0.25) is 9.59 Å². The maximum atomic E-state index is 12.4. The van der Waals surface area contributed by atoms with Crippen LogP contribution in [0.15, 0.2) is 12.2 Å². The summed E-state index contributed by atoms with van der Waals surface area (Å²) in [5.74, 6) is -3.55. The predicted molar refractivity (Wildman–Crippen MR) is 111 cm³/mol. The molecule has 170 valence electrons. The van der Waals surface area contributed by atoms with Crippen LogP contribution in [0.3, 0.4) is 0 Å². The Morgan fingerprint density at radius 2 is 1.77 bits per heavy atom. The summed E-state index contributed by atoms with van der Waals surface area (Å²) >= 11 is 0. The van der Waals surface area contributed by atoms with Gasteiger partial charge in [0, 0.05) is 5.92 Å². The van der Waals surface area contributed by atoms with Gasteiger partial charge in [0.2, 0.25) is 0 Å². The van der Waals surface area contributed by atoms with Crippen LogP contribution in [0.4, 0.5) is 0 Å². The van der Waals surface area contributed by atoms with Crippen LogP contribution in [0, 0.1) is 28.6 Å². The lowest BCUT2D eigenvalue weighted by Gasteiger charge is -2.58. The molecule has 0 unspecified atom stereocenters. The number of carboxylic acids is 1. The van der Waals surface area contributed by atoms with Crippen molar-refractivity contribution >= 4 is 17.9 Å². The Kier molecular flexibility index (Phi) is 7.72. The van der Waals surface area contributed by atoms with Gasteiger partial charge in [0.15, 0.2) is 6.10 Å². The molecule has 2 fully saturated rings. The third-order valence-electron chi connectivity index (χ3n) is 7.46. The zero-order chi connectivity index (χ0) is 22.7. The average Bonchev–Trinajstić information content (AvgIpc) is 2.66. The smallest absolute Gasteiger partial charge is 0.335 e. The Hall–Kier alpha value is -1.89. The summed E-state index contributed by atoms with van der Waals surface area (Å²) in [6.07, 6.45) is 3.42. The van der Waals surface area contributed by atoms with E-state index in [0.717, 1.165) is 38.4 Å². The molecule has 1 N–H and O–H groups in total. The number of fused-ring (bicyclic) bond motifs is 1. The van der Waals surface area contributed by atoms with Gasteiger partial charge in [-0.1, -0.05) is 39.3 Å².